The summed E-state index contributed by atoms with van der Waals surface area (Å²) in [6.07, 6.45) is -0.0307. The van der Waals surface area contributed by atoms with Crippen molar-refractivity contribution < 1.29 is 5.11 Å². The van der Waals surface area contributed by atoms with Gasteiger partial charge in [-0.15, -0.1) is 0 Å². The zero-order chi connectivity index (χ0) is 8.36. The lowest BCUT2D eigenvalue weighted by molar-refractivity contribution is 0.106. The Labute approximate surface area is 71.3 Å². The SMILES string of the molecule is C=C(C)C([O])CC(C)(C)Br. The molecule has 59 valence electrons. The fraction of sp³-hybridized carbons (Fsp3) is 0.750. The summed E-state index contributed by atoms with van der Waals surface area (Å²) in [5.41, 5.74) is 0.715. The molecule has 1 radical (unpaired) electrons. The van der Waals surface area contributed by atoms with Gasteiger partial charge in [-0.05, 0) is 32.8 Å². The van der Waals surface area contributed by atoms with Gasteiger partial charge in [-0.1, -0.05) is 22.5 Å². The highest BCUT2D eigenvalue weighted by atomic mass is 79.9. The van der Waals surface area contributed by atoms with Crippen LogP contribution >= 0.6 is 15.9 Å². The summed E-state index contributed by atoms with van der Waals surface area (Å²) in [5, 5.41) is 11.1. The first-order valence-corrected chi connectivity index (χ1v) is 4.12. The second-order valence-corrected chi connectivity index (χ2v) is 5.40. The maximum absolute atomic E-state index is 11.1. The van der Waals surface area contributed by atoms with Crippen LogP contribution < -0.4 is 0 Å². The van der Waals surface area contributed by atoms with Crippen LogP contribution in [-0.4, -0.2) is 10.4 Å². The van der Waals surface area contributed by atoms with Crippen LogP contribution in [0.5, 0.6) is 0 Å². The second-order valence-electron chi connectivity index (χ2n) is 3.26. The van der Waals surface area contributed by atoms with Crippen molar-refractivity contribution in [1.29, 1.82) is 0 Å². The third-order valence-electron chi connectivity index (χ3n) is 1.22. The Morgan fingerprint density at radius 1 is 1.70 bits per heavy atom. The summed E-state index contributed by atoms with van der Waals surface area (Å²) in [6.45, 7) is 9.35. The lowest BCUT2D eigenvalue weighted by atomic mass is 10.0. The van der Waals surface area contributed by atoms with E-state index in [0.29, 0.717) is 12.0 Å². The van der Waals surface area contributed by atoms with Gasteiger partial charge < -0.3 is 0 Å². The molecule has 0 aromatic heterocycles. The van der Waals surface area contributed by atoms with Crippen LogP contribution in [-0.2, 0) is 5.11 Å². The van der Waals surface area contributed by atoms with Crippen molar-refractivity contribution >= 4 is 15.9 Å². The monoisotopic (exact) mass is 205 g/mol. The number of hydrogen-bond acceptors (Lipinski definition) is 0. The minimum Gasteiger partial charge on any atom is -0.228 e. The average molecular weight is 206 g/mol. The molecule has 0 aliphatic carbocycles. The molecule has 10 heavy (non-hydrogen) atoms. The molecular weight excluding hydrogens is 192 g/mol. The van der Waals surface area contributed by atoms with E-state index in [2.05, 4.69) is 22.5 Å². The molecule has 0 rings (SSSR count). The van der Waals surface area contributed by atoms with Crippen LogP contribution in [0.1, 0.15) is 27.2 Å². The normalized spacial score (nSPS) is 14.9. The number of rotatable bonds is 3. The highest BCUT2D eigenvalue weighted by Crippen LogP contribution is 2.24. The van der Waals surface area contributed by atoms with Crippen molar-refractivity contribution in [2.45, 2.75) is 37.6 Å². The summed E-state index contributed by atoms with van der Waals surface area (Å²) in [6, 6.07) is 0. The predicted octanol–water partition coefficient (Wildman–Crippen LogP) is 2.93. The molecule has 0 heterocycles. The summed E-state index contributed by atoms with van der Waals surface area (Å²) in [5.74, 6) is 0. The quantitative estimate of drug-likeness (QED) is 0.499. The Morgan fingerprint density at radius 3 is 2.20 bits per heavy atom. The summed E-state index contributed by atoms with van der Waals surface area (Å²) >= 11 is 3.41. The van der Waals surface area contributed by atoms with Crippen molar-refractivity contribution in [3.8, 4) is 0 Å². The third kappa shape index (κ3) is 5.00. The van der Waals surface area contributed by atoms with Crippen molar-refractivity contribution in [3.63, 3.8) is 0 Å². The van der Waals surface area contributed by atoms with Gasteiger partial charge in [-0.2, -0.15) is 0 Å². The molecule has 1 nitrogen and oxygen atoms in total. The lowest BCUT2D eigenvalue weighted by Gasteiger charge is -2.18. The lowest BCUT2D eigenvalue weighted by Crippen LogP contribution is -2.19. The molecule has 0 N–H and O–H groups in total. The number of alkyl halides is 1. The molecule has 1 atom stereocenters. The summed E-state index contributed by atoms with van der Waals surface area (Å²) < 4.78 is -0.0572. The van der Waals surface area contributed by atoms with Gasteiger partial charge in [0, 0.05) is 4.32 Å². The van der Waals surface area contributed by atoms with Crippen molar-refractivity contribution in [3.05, 3.63) is 12.2 Å². The van der Waals surface area contributed by atoms with Crippen LogP contribution in [0.3, 0.4) is 0 Å². The summed E-state index contributed by atoms with van der Waals surface area (Å²) in [4.78, 5) is 0. The Kier molecular flexibility index (Phi) is 3.60. The van der Waals surface area contributed by atoms with Gasteiger partial charge >= 0.3 is 0 Å². The topological polar surface area (TPSA) is 19.9 Å². The second kappa shape index (κ2) is 3.54. The first-order valence-electron chi connectivity index (χ1n) is 3.33. The van der Waals surface area contributed by atoms with Gasteiger partial charge in [0.15, 0.2) is 0 Å². The first kappa shape index (κ1) is 10.2. The first-order chi connectivity index (χ1) is 4.33. The van der Waals surface area contributed by atoms with Crippen molar-refractivity contribution in [1.82, 2.24) is 0 Å². The van der Waals surface area contributed by atoms with E-state index in [9.17, 15) is 5.11 Å². The van der Waals surface area contributed by atoms with Gasteiger partial charge in [0.05, 0.1) is 0 Å². The molecule has 0 aromatic carbocycles. The number of hydrogen-bond donors (Lipinski definition) is 0. The zero-order valence-electron chi connectivity index (χ0n) is 6.78. The smallest absolute Gasteiger partial charge is 0.115 e. The highest BCUT2D eigenvalue weighted by molar-refractivity contribution is 9.10. The van der Waals surface area contributed by atoms with Crippen LogP contribution in [0.4, 0.5) is 0 Å². The third-order valence-corrected chi connectivity index (χ3v) is 1.54. The Morgan fingerprint density at radius 2 is 2.10 bits per heavy atom. The Bertz CT molecular complexity index is 124. The molecule has 0 aliphatic rings. The van der Waals surface area contributed by atoms with Crippen LogP contribution in [0, 0.1) is 0 Å². The van der Waals surface area contributed by atoms with Gasteiger partial charge in [0.2, 0.25) is 0 Å². The van der Waals surface area contributed by atoms with E-state index < -0.39 is 6.10 Å². The largest absolute Gasteiger partial charge is 0.228 e. The molecule has 0 amide bonds. The molecular formula is C8H14BrO. The average Bonchev–Trinajstić information content (AvgIpc) is 1.60. The van der Waals surface area contributed by atoms with E-state index in [1.807, 2.05) is 13.8 Å². The van der Waals surface area contributed by atoms with Crippen LogP contribution in [0.15, 0.2) is 12.2 Å². The van der Waals surface area contributed by atoms with Gasteiger partial charge in [-0.3, -0.25) is 0 Å². The molecule has 0 aromatic rings. The fourth-order valence-electron chi connectivity index (χ4n) is 0.615. The van der Waals surface area contributed by atoms with Crippen LogP contribution in [0.2, 0.25) is 0 Å². The van der Waals surface area contributed by atoms with Gasteiger partial charge in [-0.25, -0.2) is 5.11 Å². The number of halogens is 1. The highest BCUT2D eigenvalue weighted by Gasteiger charge is 2.19. The van der Waals surface area contributed by atoms with E-state index in [0.717, 1.165) is 0 Å². The van der Waals surface area contributed by atoms with E-state index in [1.165, 1.54) is 0 Å². The van der Waals surface area contributed by atoms with Crippen LogP contribution in [0.25, 0.3) is 0 Å². The molecule has 0 spiro atoms. The fourth-order valence-corrected chi connectivity index (χ4v) is 0.909. The maximum Gasteiger partial charge on any atom is 0.115 e. The minimum absolute atomic E-state index is 0.0572. The molecule has 0 bridgehead atoms. The van der Waals surface area contributed by atoms with Crippen molar-refractivity contribution in [2.75, 3.05) is 0 Å². The minimum atomic E-state index is -0.630. The Hall–Kier alpha value is 0.180. The molecule has 0 fully saturated rings. The molecule has 0 saturated carbocycles. The molecule has 0 aliphatic heterocycles. The van der Waals surface area contributed by atoms with Gasteiger partial charge in [0.25, 0.3) is 0 Å². The van der Waals surface area contributed by atoms with E-state index >= 15 is 0 Å². The zero-order valence-corrected chi connectivity index (χ0v) is 8.36. The predicted molar refractivity (Wildman–Crippen MR) is 46.9 cm³/mol. The maximum atomic E-state index is 11.1. The van der Waals surface area contributed by atoms with E-state index in [-0.39, 0.29) is 4.32 Å². The Balaban J connectivity index is 3.80. The molecule has 0 saturated heterocycles. The molecule has 1 unspecified atom stereocenters. The van der Waals surface area contributed by atoms with E-state index in [1.54, 1.807) is 6.92 Å². The van der Waals surface area contributed by atoms with Crippen molar-refractivity contribution in [2.24, 2.45) is 0 Å². The van der Waals surface area contributed by atoms with E-state index in [4.69, 9.17) is 0 Å². The standard InChI is InChI=1S/C8H14BrO/c1-6(2)7(10)5-8(3,4)9/h7H,1,5H2,2-4H3. The summed E-state index contributed by atoms with van der Waals surface area (Å²) in [7, 11) is 0. The van der Waals surface area contributed by atoms with Gasteiger partial charge in [0.1, 0.15) is 6.10 Å². The molecule has 2 heteroatoms.